The average Bonchev–Trinajstić information content (AvgIpc) is 3.14. The molecule has 0 radical (unpaired) electrons. The first-order valence-electron chi connectivity index (χ1n) is 8.52. The van der Waals surface area contributed by atoms with Crippen LogP contribution in [-0.2, 0) is 4.74 Å². The second kappa shape index (κ2) is 8.77. The molecule has 0 bridgehead atoms. The van der Waals surface area contributed by atoms with Gasteiger partial charge in [-0.25, -0.2) is 4.39 Å². The Bertz CT molecular complexity index is 778. The minimum Gasteiger partial charge on any atom is -0.435 e. The molecule has 1 amide bonds. The summed E-state index contributed by atoms with van der Waals surface area (Å²) in [5.41, 5.74) is 0.850. The lowest BCUT2D eigenvalue weighted by atomic mass is 10.2. The van der Waals surface area contributed by atoms with Crippen molar-refractivity contribution in [2.24, 2.45) is 0 Å². The molecular weight excluding hydrogens is 361 g/mol. The van der Waals surface area contributed by atoms with Crippen LogP contribution in [0.25, 0.3) is 0 Å². The van der Waals surface area contributed by atoms with Gasteiger partial charge in [0.1, 0.15) is 11.6 Å². The van der Waals surface area contributed by atoms with Gasteiger partial charge in [0.2, 0.25) is 0 Å². The zero-order valence-corrected chi connectivity index (χ0v) is 14.4. The number of alkyl halides is 2. The van der Waals surface area contributed by atoms with Crippen molar-refractivity contribution < 1.29 is 27.4 Å². The summed E-state index contributed by atoms with van der Waals surface area (Å²) in [5.74, 6) is -1.03. The van der Waals surface area contributed by atoms with Gasteiger partial charge in [-0.05, 0) is 55.3 Å². The number of amides is 1. The number of nitrogens with one attached hydrogen (secondary N) is 2. The van der Waals surface area contributed by atoms with E-state index in [1.807, 2.05) is 0 Å². The van der Waals surface area contributed by atoms with E-state index in [9.17, 15) is 18.0 Å². The van der Waals surface area contributed by atoms with Crippen LogP contribution in [0.5, 0.6) is 5.75 Å². The van der Waals surface area contributed by atoms with Crippen LogP contribution in [0.1, 0.15) is 23.2 Å². The fourth-order valence-corrected chi connectivity index (χ4v) is 2.76. The van der Waals surface area contributed by atoms with Crippen LogP contribution in [0.15, 0.2) is 42.5 Å². The molecule has 1 saturated heterocycles. The predicted octanol–water partition coefficient (Wildman–Crippen LogP) is 4.27. The van der Waals surface area contributed by atoms with Gasteiger partial charge in [-0.1, -0.05) is 0 Å². The lowest BCUT2D eigenvalue weighted by Gasteiger charge is -2.13. The molecule has 1 fully saturated rings. The molecule has 2 N–H and O–H groups in total. The number of hydrogen-bond donors (Lipinski definition) is 2. The topological polar surface area (TPSA) is 59.6 Å². The van der Waals surface area contributed by atoms with Crippen LogP contribution in [0.4, 0.5) is 24.5 Å². The molecule has 27 heavy (non-hydrogen) atoms. The van der Waals surface area contributed by atoms with Crippen molar-refractivity contribution in [2.45, 2.75) is 25.6 Å². The first-order valence-corrected chi connectivity index (χ1v) is 8.52. The molecule has 1 aliphatic heterocycles. The van der Waals surface area contributed by atoms with Gasteiger partial charge < -0.3 is 20.1 Å². The standard InChI is InChI=1S/C19H19F3N2O3/c20-16-10-13(5-8-17(16)23-11-15-2-1-9-26-15)24-18(25)12-3-6-14(7-4-12)27-19(21)22/h3-8,10,15,19,23H,1-2,9,11H2,(H,24,25). The number of carbonyl (C=O) groups excluding carboxylic acids is 1. The molecule has 8 heteroatoms. The lowest BCUT2D eigenvalue weighted by Crippen LogP contribution is -2.19. The summed E-state index contributed by atoms with van der Waals surface area (Å²) >= 11 is 0. The minimum atomic E-state index is -2.93. The minimum absolute atomic E-state index is 0.0470. The van der Waals surface area contributed by atoms with E-state index >= 15 is 0 Å². The maximum absolute atomic E-state index is 14.2. The Morgan fingerprint density at radius 3 is 2.63 bits per heavy atom. The number of benzene rings is 2. The smallest absolute Gasteiger partial charge is 0.387 e. The maximum Gasteiger partial charge on any atom is 0.387 e. The molecule has 1 atom stereocenters. The summed E-state index contributed by atoms with van der Waals surface area (Å²) in [4.78, 5) is 12.2. The van der Waals surface area contributed by atoms with Crippen LogP contribution in [-0.4, -0.2) is 31.8 Å². The van der Waals surface area contributed by atoms with E-state index in [2.05, 4.69) is 15.4 Å². The zero-order valence-electron chi connectivity index (χ0n) is 14.4. The normalized spacial score (nSPS) is 16.4. The SMILES string of the molecule is O=C(Nc1ccc(NCC2CCCO2)c(F)c1)c1ccc(OC(F)F)cc1. The van der Waals surface area contributed by atoms with Gasteiger partial charge in [0.05, 0.1) is 11.8 Å². The summed E-state index contributed by atoms with van der Waals surface area (Å²) in [6.45, 7) is -1.68. The Labute approximate surface area is 154 Å². The summed E-state index contributed by atoms with van der Waals surface area (Å²) in [6.07, 6.45) is 2.04. The first kappa shape index (κ1) is 19.0. The summed E-state index contributed by atoms with van der Waals surface area (Å²) in [6, 6.07) is 9.55. The van der Waals surface area contributed by atoms with Crippen molar-refractivity contribution in [2.75, 3.05) is 23.8 Å². The molecular formula is C19H19F3N2O3. The van der Waals surface area contributed by atoms with Crippen LogP contribution in [0.3, 0.4) is 0 Å². The molecule has 1 unspecified atom stereocenters. The highest BCUT2D eigenvalue weighted by atomic mass is 19.3. The third-order valence-corrected chi connectivity index (χ3v) is 4.11. The van der Waals surface area contributed by atoms with Gasteiger partial charge in [-0.15, -0.1) is 0 Å². The van der Waals surface area contributed by atoms with E-state index in [-0.39, 0.29) is 23.1 Å². The van der Waals surface area contributed by atoms with E-state index in [1.54, 1.807) is 12.1 Å². The largest absolute Gasteiger partial charge is 0.435 e. The highest BCUT2D eigenvalue weighted by Crippen LogP contribution is 2.21. The fraction of sp³-hybridized carbons (Fsp3) is 0.316. The molecule has 0 spiro atoms. The van der Waals surface area contributed by atoms with E-state index < -0.39 is 18.3 Å². The molecule has 0 aliphatic carbocycles. The number of halogens is 3. The maximum atomic E-state index is 14.2. The highest BCUT2D eigenvalue weighted by molar-refractivity contribution is 6.04. The van der Waals surface area contributed by atoms with E-state index in [4.69, 9.17) is 4.74 Å². The Balaban J connectivity index is 1.58. The molecule has 5 nitrogen and oxygen atoms in total. The van der Waals surface area contributed by atoms with Crippen molar-refractivity contribution >= 4 is 17.3 Å². The number of hydrogen-bond acceptors (Lipinski definition) is 4. The third kappa shape index (κ3) is 5.37. The van der Waals surface area contributed by atoms with Crippen LogP contribution in [0.2, 0.25) is 0 Å². The summed E-state index contributed by atoms with van der Waals surface area (Å²) in [5, 5.41) is 5.56. The van der Waals surface area contributed by atoms with E-state index in [1.165, 1.54) is 30.3 Å². The van der Waals surface area contributed by atoms with Gasteiger partial charge in [0, 0.05) is 24.4 Å². The Morgan fingerprint density at radius 2 is 2.00 bits per heavy atom. The second-order valence-electron chi connectivity index (χ2n) is 6.07. The van der Waals surface area contributed by atoms with Crippen LogP contribution >= 0.6 is 0 Å². The van der Waals surface area contributed by atoms with Gasteiger partial charge in [0.15, 0.2) is 0 Å². The molecule has 1 heterocycles. The fourth-order valence-electron chi connectivity index (χ4n) is 2.76. The first-order chi connectivity index (χ1) is 13.0. The average molecular weight is 380 g/mol. The molecule has 3 rings (SSSR count). The monoisotopic (exact) mass is 380 g/mol. The zero-order chi connectivity index (χ0) is 19.2. The third-order valence-electron chi connectivity index (χ3n) is 4.11. The summed E-state index contributed by atoms with van der Waals surface area (Å²) in [7, 11) is 0. The molecule has 1 aliphatic rings. The highest BCUT2D eigenvalue weighted by Gasteiger charge is 2.16. The second-order valence-corrected chi connectivity index (χ2v) is 6.07. The van der Waals surface area contributed by atoms with Gasteiger partial charge in [-0.3, -0.25) is 4.79 Å². The number of carbonyl (C=O) groups is 1. The molecule has 144 valence electrons. The van der Waals surface area contributed by atoms with Crippen molar-refractivity contribution in [3.63, 3.8) is 0 Å². The van der Waals surface area contributed by atoms with E-state index in [0.29, 0.717) is 12.2 Å². The van der Waals surface area contributed by atoms with Crippen molar-refractivity contribution in [1.29, 1.82) is 0 Å². The number of rotatable bonds is 7. The van der Waals surface area contributed by atoms with E-state index in [0.717, 1.165) is 19.4 Å². The Hall–Kier alpha value is -2.74. The van der Waals surface area contributed by atoms with Gasteiger partial charge in [0.25, 0.3) is 5.91 Å². The van der Waals surface area contributed by atoms with Crippen molar-refractivity contribution in [1.82, 2.24) is 0 Å². The number of anilines is 2. The number of ether oxygens (including phenoxy) is 2. The Kier molecular flexibility index (Phi) is 6.18. The van der Waals surface area contributed by atoms with Crippen LogP contribution in [0, 0.1) is 5.82 Å². The lowest BCUT2D eigenvalue weighted by molar-refractivity contribution is -0.0498. The molecule has 2 aromatic rings. The summed E-state index contributed by atoms with van der Waals surface area (Å²) < 4.78 is 48.2. The van der Waals surface area contributed by atoms with Crippen molar-refractivity contribution in [3.8, 4) is 5.75 Å². The quantitative estimate of drug-likeness (QED) is 0.753. The van der Waals surface area contributed by atoms with Gasteiger partial charge in [-0.2, -0.15) is 8.78 Å². The van der Waals surface area contributed by atoms with Gasteiger partial charge >= 0.3 is 6.61 Å². The predicted molar refractivity (Wildman–Crippen MR) is 94.9 cm³/mol. The molecule has 0 saturated carbocycles. The van der Waals surface area contributed by atoms with Crippen molar-refractivity contribution in [3.05, 3.63) is 53.8 Å². The Morgan fingerprint density at radius 1 is 1.22 bits per heavy atom. The molecule has 2 aromatic carbocycles. The molecule has 0 aromatic heterocycles. The van der Waals surface area contributed by atoms with Crippen LogP contribution < -0.4 is 15.4 Å².